The van der Waals surface area contributed by atoms with Gasteiger partial charge in [-0.1, -0.05) is 19.1 Å². The van der Waals surface area contributed by atoms with Gasteiger partial charge in [0.15, 0.2) is 0 Å². The fraction of sp³-hybridized carbons (Fsp3) is 0.409. The number of carbonyl (C=O) groups excluding carboxylic acids is 1. The number of benzene rings is 2. The number of hydrogen-bond donors (Lipinski definition) is 2. The molecule has 1 amide bonds. The maximum Gasteiger partial charge on any atom is 0.258 e. The normalized spacial score (nSPS) is 16.2. The van der Waals surface area contributed by atoms with Crippen molar-refractivity contribution in [3.05, 3.63) is 59.9 Å². The summed E-state index contributed by atoms with van der Waals surface area (Å²) in [7, 11) is 0. The van der Waals surface area contributed by atoms with Gasteiger partial charge in [0.1, 0.15) is 5.82 Å². The van der Waals surface area contributed by atoms with E-state index in [1.807, 2.05) is 24.3 Å². The second-order valence-corrected chi connectivity index (χ2v) is 7.22. The molecule has 2 aromatic rings. The van der Waals surface area contributed by atoms with Gasteiger partial charge < -0.3 is 15.5 Å². The van der Waals surface area contributed by atoms with E-state index in [0.717, 1.165) is 38.0 Å². The Bertz CT molecular complexity index is 754. The Kier molecular flexibility index (Phi) is 6.45. The van der Waals surface area contributed by atoms with Gasteiger partial charge in [0.25, 0.3) is 5.91 Å². The molecule has 0 bridgehead atoms. The molecule has 4 nitrogen and oxygen atoms in total. The fourth-order valence-electron chi connectivity index (χ4n) is 3.42. The van der Waals surface area contributed by atoms with Crippen molar-refractivity contribution in [1.29, 1.82) is 0 Å². The number of nitrogens with one attached hydrogen (secondary N) is 2. The van der Waals surface area contributed by atoms with Crippen LogP contribution in [0.2, 0.25) is 0 Å². The third-order valence-corrected chi connectivity index (χ3v) is 5.24. The van der Waals surface area contributed by atoms with Crippen molar-refractivity contribution in [2.75, 3.05) is 23.3 Å². The molecular formula is C22H28FN3O. The Hall–Kier alpha value is -2.40. The summed E-state index contributed by atoms with van der Waals surface area (Å²) in [4.78, 5) is 14.6. The molecule has 0 aromatic heterocycles. The van der Waals surface area contributed by atoms with Gasteiger partial charge >= 0.3 is 0 Å². The van der Waals surface area contributed by atoms with Gasteiger partial charge in [0.05, 0.1) is 5.56 Å². The van der Waals surface area contributed by atoms with E-state index in [9.17, 15) is 9.18 Å². The predicted octanol–water partition coefficient (Wildman–Crippen LogP) is 4.43. The van der Waals surface area contributed by atoms with E-state index in [1.54, 1.807) is 12.1 Å². The number of rotatable bonds is 6. The number of carbonyl (C=O) groups is 1. The third kappa shape index (κ3) is 5.07. The van der Waals surface area contributed by atoms with Crippen LogP contribution in [-0.4, -0.2) is 31.1 Å². The van der Waals surface area contributed by atoms with E-state index >= 15 is 0 Å². The highest BCUT2D eigenvalue weighted by molar-refractivity contribution is 6.04. The first-order chi connectivity index (χ1) is 13.1. The largest absolute Gasteiger partial charge is 0.371 e. The highest BCUT2D eigenvalue weighted by atomic mass is 19.1. The summed E-state index contributed by atoms with van der Waals surface area (Å²) >= 11 is 0. The summed E-state index contributed by atoms with van der Waals surface area (Å²) in [5.41, 5.74) is 1.87. The maximum absolute atomic E-state index is 13.7. The Morgan fingerprint density at radius 3 is 2.44 bits per heavy atom. The summed E-state index contributed by atoms with van der Waals surface area (Å²) in [6, 6.07) is 14.9. The standard InChI is InChI=1S/C22H28FN3O/c1-3-16(2)24-18-12-14-26(15-13-18)19-10-8-17(9-11-19)25-22(27)20-6-4-5-7-21(20)23/h4-11,16,18,24H,3,12-15H2,1-2H3,(H,25,27). The molecule has 2 N–H and O–H groups in total. The van der Waals surface area contributed by atoms with Gasteiger partial charge in [-0.2, -0.15) is 0 Å². The van der Waals surface area contributed by atoms with Gasteiger partial charge in [-0.25, -0.2) is 4.39 Å². The Morgan fingerprint density at radius 2 is 1.81 bits per heavy atom. The number of anilines is 2. The van der Waals surface area contributed by atoms with Crippen LogP contribution < -0.4 is 15.5 Å². The van der Waals surface area contributed by atoms with Crippen LogP contribution in [0.25, 0.3) is 0 Å². The minimum atomic E-state index is -0.513. The van der Waals surface area contributed by atoms with Crippen LogP contribution in [0.5, 0.6) is 0 Å². The molecule has 1 aliphatic heterocycles. The molecule has 0 saturated carbocycles. The number of halogens is 1. The molecule has 1 fully saturated rings. The van der Waals surface area contributed by atoms with Crippen molar-refractivity contribution >= 4 is 17.3 Å². The topological polar surface area (TPSA) is 44.4 Å². The summed E-state index contributed by atoms with van der Waals surface area (Å²) in [5, 5.41) is 6.44. The summed E-state index contributed by atoms with van der Waals surface area (Å²) in [6.07, 6.45) is 3.42. The first kappa shape index (κ1) is 19.4. The van der Waals surface area contributed by atoms with Crippen molar-refractivity contribution in [2.24, 2.45) is 0 Å². The molecule has 2 aromatic carbocycles. The zero-order valence-electron chi connectivity index (χ0n) is 16.0. The Balaban J connectivity index is 1.55. The first-order valence-corrected chi connectivity index (χ1v) is 9.73. The predicted molar refractivity (Wildman–Crippen MR) is 109 cm³/mol. The lowest BCUT2D eigenvalue weighted by Crippen LogP contribution is -2.45. The Morgan fingerprint density at radius 1 is 1.15 bits per heavy atom. The second-order valence-electron chi connectivity index (χ2n) is 7.22. The number of amides is 1. The summed E-state index contributed by atoms with van der Waals surface area (Å²) < 4.78 is 13.7. The highest BCUT2D eigenvalue weighted by Crippen LogP contribution is 2.23. The average molecular weight is 369 g/mol. The monoisotopic (exact) mass is 369 g/mol. The van der Waals surface area contributed by atoms with Crippen LogP contribution >= 0.6 is 0 Å². The second kappa shape index (κ2) is 9.00. The summed E-state index contributed by atoms with van der Waals surface area (Å²) in [6.45, 7) is 6.49. The molecule has 1 aliphatic rings. The molecule has 5 heteroatoms. The van der Waals surface area contributed by atoms with E-state index in [1.165, 1.54) is 12.1 Å². The van der Waals surface area contributed by atoms with Crippen molar-refractivity contribution in [2.45, 2.75) is 45.2 Å². The van der Waals surface area contributed by atoms with E-state index in [0.29, 0.717) is 17.8 Å². The van der Waals surface area contributed by atoms with Gasteiger partial charge in [0, 0.05) is 36.5 Å². The molecule has 1 saturated heterocycles. The molecular weight excluding hydrogens is 341 g/mol. The Labute approximate surface area is 160 Å². The molecule has 27 heavy (non-hydrogen) atoms. The summed E-state index contributed by atoms with van der Waals surface area (Å²) in [5.74, 6) is -0.946. The van der Waals surface area contributed by atoms with Gasteiger partial charge in [-0.05, 0) is 62.6 Å². The van der Waals surface area contributed by atoms with E-state index < -0.39 is 11.7 Å². The number of nitrogens with zero attached hydrogens (tertiary/aromatic N) is 1. The zero-order valence-corrected chi connectivity index (χ0v) is 16.0. The lowest BCUT2D eigenvalue weighted by atomic mass is 10.0. The average Bonchev–Trinajstić information content (AvgIpc) is 2.69. The quantitative estimate of drug-likeness (QED) is 0.791. The lowest BCUT2D eigenvalue weighted by Gasteiger charge is -2.35. The SMILES string of the molecule is CCC(C)NC1CCN(c2ccc(NC(=O)c3ccccc3F)cc2)CC1. The third-order valence-electron chi connectivity index (χ3n) is 5.24. The van der Waals surface area contributed by atoms with Crippen LogP contribution in [0.15, 0.2) is 48.5 Å². The molecule has 144 valence electrons. The number of piperidine rings is 1. The molecule has 0 aliphatic carbocycles. The smallest absolute Gasteiger partial charge is 0.258 e. The van der Waals surface area contributed by atoms with Crippen LogP contribution in [0.1, 0.15) is 43.5 Å². The lowest BCUT2D eigenvalue weighted by molar-refractivity contribution is 0.102. The molecule has 0 spiro atoms. The first-order valence-electron chi connectivity index (χ1n) is 9.73. The van der Waals surface area contributed by atoms with E-state index in [2.05, 4.69) is 29.4 Å². The minimum absolute atomic E-state index is 0.0532. The highest BCUT2D eigenvalue weighted by Gasteiger charge is 2.20. The van der Waals surface area contributed by atoms with Crippen molar-refractivity contribution < 1.29 is 9.18 Å². The molecule has 1 heterocycles. The van der Waals surface area contributed by atoms with E-state index in [-0.39, 0.29) is 5.56 Å². The minimum Gasteiger partial charge on any atom is -0.371 e. The fourth-order valence-corrected chi connectivity index (χ4v) is 3.42. The van der Waals surface area contributed by atoms with Crippen molar-refractivity contribution in [1.82, 2.24) is 5.32 Å². The van der Waals surface area contributed by atoms with Crippen molar-refractivity contribution in [3.8, 4) is 0 Å². The molecule has 1 unspecified atom stereocenters. The van der Waals surface area contributed by atoms with Crippen LogP contribution in [0, 0.1) is 5.82 Å². The van der Waals surface area contributed by atoms with Gasteiger partial charge in [-0.3, -0.25) is 4.79 Å². The maximum atomic E-state index is 13.7. The molecule has 3 rings (SSSR count). The van der Waals surface area contributed by atoms with Crippen LogP contribution in [0.4, 0.5) is 15.8 Å². The van der Waals surface area contributed by atoms with Gasteiger partial charge in [0.2, 0.25) is 0 Å². The molecule has 0 radical (unpaired) electrons. The zero-order chi connectivity index (χ0) is 19.2. The van der Waals surface area contributed by atoms with Gasteiger partial charge in [-0.15, -0.1) is 0 Å². The van der Waals surface area contributed by atoms with Crippen LogP contribution in [-0.2, 0) is 0 Å². The van der Waals surface area contributed by atoms with Crippen LogP contribution in [0.3, 0.4) is 0 Å². The molecule has 1 atom stereocenters. The van der Waals surface area contributed by atoms with E-state index in [4.69, 9.17) is 0 Å². The van der Waals surface area contributed by atoms with Crippen molar-refractivity contribution in [3.63, 3.8) is 0 Å². The number of hydrogen-bond acceptors (Lipinski definition) is 3.